The number of aromatic nitrogens is 1. The van der Waals surface area contributed by atoms with Crippen LogP contribution < -0.4 is 5.32 Å². The summed E-state index contributed by atoms with van der Waals surface area (Å²) in [5.41, 5.74) is 2.00. The van der Waals surface area contributed by atoms with Gasteiger partial charge < -0.3 is 5.32 Å². The second-order valence-corrected chi connectivity index (χ2v) is 7.33. The van der Waals surface area contributed by atoms with Crippen LogP contribution in [0.4, 0.5) is 4.39 Å². The van der Waals surface area contributed by atoms with Crippen LogP contribution in [0.5, 0.6) is 0 Å². The molecule has 0 aliphatic heterocycles. The number of nitrogens with zero attached hydrogens (tertiary/aromatic N) is 1. The first kappa shape index (κ1) is 14.2. The van der Waals surface area contributed by atoms with Crippen LogP contribution in [0.15, 0.2) is 22.7 Å². The molecule has 1 aliphatic carbocycles. The van der Waals surface area contributed by atoms with Gasteiger partial charge in [0, 0.05) is 10.9 Å². The molecule has 2 aromatic rings. The molecular formula is C15H16BrFN2S. The van der Waals surface area contributed by atoms with Crippen molar-refractivity contribution >= 4 is 27.3 Å². The maximum atomic E-state index is 13.8. The third kappa shape index (κ3) is 2.95. The van der Waals surface area contributed by atoms with Gasteiger partial charge in [-0.1, -0.05) is 6.07 Å². The quantitative estimate of drug-likeness (QED) is 0.873. The van der Waals surface area contributed by atoms with Crippen LogP contribution in [0.2, 0.25) is 0 Å². The Hall–Kier alpha value is -0.780. The molecule has 2 nitrogen and oxygen atoms in total. The molecular weight excluding hydrogens is 339 g/mol. The highest BCUT2D eigenvalue weighted by Gasteiger charge is 2.28. The molecule has 0 radical (unpaired) electrons. The summed E-state index contributed by atoms with van der Waals surface area (Å²) in [5, 5.41) is 4.60. The summed E-state index contributed by atoms with van der Waals surface area (Å²) >= 11 is 4.89. The maximum absolute atomic E-state index is 13.8. The van der Waals surface area contributed by atoms with Gasteiger partial charge in [-0.2, -0.15) is 0 Å². The van der Waals surface area contributed by atoms with Gasteiger partial charge in [0.05, 0.1) is 16.2 Å². The number of benzene rings is 1. The minimum atomic E-state index is -0.227. The smallest absolute Gasteiger partial charge is 0.137 e. The van der Waals surface area contributed by atoms with E-state index in [-0.39, 0.29) is 11.9 Å². The first-order valence-corrected chi connectivity index (χ1v) is 8.30. The van der Waals surface area contributed by atoms with E-state index in [0.29, 0.717) is 10.5 Å². The summed E-state index contributed by atoms with van der Waals surface area (Å²) in [6.45, 7) is 4.10. The highest BCUT2D eigenvalue weighted by atomic mass is 79.9. The van der Waals surface area contributed by atoms with Crippen LogP contribution in [0.25, 0.3) is 0 Å². The Morgan fingerprint density at radius 2 is 2.15 bits per heavy atom. The predicted molar refractivity (Wildman–Crippen MR) is 83.7 cm³/mol. The number of hydrogen-bond donors (Lipinski definition) is 1. The van der Waals surface area contributed by atoms with Crippen molar-refractivity contribution in [2.24, 2.45) is 0 Å². The van der Waals surface area contributed by atoms with Gasteiger partial charge in [-0.05, 0) is 60.3 Å². The molecule has 1 fully saturated rings. The summed E-state index contributed by atoms with van der Waals surface area (Å²) in [5.74, 6) is -0.227. The van der Waals surface area contributed by atoms with Crippen LogP contribution in [-0.4, -0.2) is 11.0 Å². The number of halogens is 2. The van der Waals surface area contributed by atoms with E-state index >= 15 is 0 Å². The molecule has 20 heavy (non-hydrogen) atoms. The van der Waals surface area contributed by atoms with Crippen LogP contribution in [-0.2, 0) is 0 Å². The van der Waals surface area contributed by atoms with Gasteiger partial charge in [-0.15, -0.1) is 11.3 Å². The molecule has 1 aromatic heterocycles. The van der Waals surface area contributed by atoms with Gasteiger partial charge in [0.25, 0.3) is 0 Å². The monoisotopic (exact) mass is 354 g/mol. The van der Waals surface area contributed by atoms with Crippen LogP contribution in [0.1, 0.15) is 40.0 Å². The molecule has 106 valence electrons. The van der Waals surface area contributed by atoms with E-state index in [1.807, 2.05) is 13.0 Å². The fourth-order valence-electron chi connectivity index (χ4n) is 2.11. The fraction of sp³-hybridized carbons (Fsp3) is 0.400. The van der Waals surface area contributed by atoms with E-state index in [1.165, 1.54) is 17.7 Å². The van der Waals surface area contributed by atoms with Crippen molar-refractivity contribution in [1.29, 1.82) is 0 Å². The van der Waals surface area contributed by atoms with Crippen LogP contribution >= 0.6 is 27.3 Å². The van der Waals surface area contributed by atoms with E-state index in [1.54, 1.807) is 23.5 Å². The van der Waals surface area contributed by atoms with Crippen molar-refractivity contribution in [2.75, 3.05) is 0 Å². The Morgan fingerprint density at radius 3 is 2.70 bits per heavy atom. The Balaban J connectivity index is 1.97. The zero-order valence-corrected chi connectivity index (χ0v) is 13.8. The summed E-state index contributed by atoms with van der Waals surface area (Å²) in [6.07, 6.45) is 2.39. The summed E-state index contributed by atoms with van der Waals surface area (Å²) < 4.78 is 14.3. The molecule has 0 saturated heterocycles. The van der Waals surface area contributed by atoms with Crippen molar-refractivity contribution in [3.63, 3.8) is 0 Å². The van der Waals surface area contributed by atoms with Gasteiger partial charge in [0.2, 0.25) is 0 Å². The molecule has 1 N–H and O–H groups in total. The van der Waals surface area contributed by atoms with Gasteiger partial charge >= 0.3 is 0 Å². The molecule has 1 atom stereocenters. The lowest BCUT2D eigenvalue weighted by Gasteiger charge is -2.17. The first-order valence-electron chi connectivity index (χ1n) is 6.69. The number of hydrogen-bond acceptors (Lipinski definition) is 3. The highest BCUT2D eigenvalue weighted by molar-refractivity contribution is 9.10. The Bertz CT molecular complexity index is 617. The van der Waals surface area contributed by atoms with Crippen molar-refractivity contribution in [3.8, 4) is 0 Å². The van der Waals surface area contributed by atoms with Gasteiger partial charge in [0.1, 0.15) is 10.8 Å². The summed E-state index contributed by atoms with van der Waals surface area (Å²) in [7, 11) is 0. The lowest BCUT2D eigenvalue weighted by atomic mass is 10.1. The number of nitrogens with one attached hydrogen (secondary N) is 1. The van der Waals surface area contributed by atoms with Crippen molar-refractivity contribution in [1.82, 2.24) is 10.3 Å². The lowest BCUT2D eigenvalue weighted by molar-refractivity contribution is 0.581. The third-order valence-electron chi connectivity index (χ3n) is 3.55. The van der Waals surface area contributed by atoms with Gasteiger partial charge in [0.15, 0.2) is 0 Å². The largest absolute Gasteiger partial charge is 0.301 e. The second kappa shape index (κ2) is 5.54. The van der Waals surface area contributed by atoms with Gasteiger partial charge in [-0.3, -0.25) is 0 Å². The molecule has 0 bridgehead atoms. The molecule has 1 aromatic carbocycles. The topological polar surface area (TPSA) is 24.9 Å². The molecule has 5 heteroatoms. The zero-order chi connectivity index (χ0) is 14.3. The van der Waals surface area contributed by atoms with Crippen molar-refractivity contribution in [2.45, 2.75) is 38.8 Å². The van der Waals surface area contributed by atoms with E-state index < -0.39 is 0 Å². The standard InChI is InChI=1S/C15H16BrFN2S/c1-8-9(2)20-15(18-8)14(19-11-4-5-11)10-3-6-12(16)13(17)7-10/h3,6-7,11,14,19H,4-5H2,1-2H3. The fourth-order valence-corrected chi connectivity index (χ4v) is 3.37. The number of aryl methyl sites for hydroxylation is 2. The number of rotatable bonds is 4. The lowest BCUT2D eigenvalue weighted by Crippen LogP contribution is -2.24. The summed E-state index contributed by atoms with van der Waals surface area (Å²) in [4.78, 5) is 5.86. The average molecular weight is 355 g/mol. The Morgan fingerprint density at radius 1 is 1.40 bits per heavy atom. The highest BCUT2D eigenvalue weighted by Crippen LogP contribution is 2.33. The minimum Gasteiger partial charge on any atom is -0.301 e. The molecule has 0 amide bonds. The third-order valence-corrected chi connectivity index (χ3v) is 5.33. The SMILES string of the molecule is Cc1nc(C(NC2CC2)c2ccc(Br)c(F)c2)sc1C. The van der Waals surface area contributed by atoms with E-state index in [4.69, 9.17) is 0 Å². The average Bonchev–Trinajstić information content (AvgIpc) is 3.17. The molecule has 3 rings (SSSR count). The van der Waals surface area contributed by atoms with Gasteiger partial charge in [-0.25, -0.2) is 9.37 Å². The minimum absolute atomic E-state index is 0.0116. The Labute approximate surface area is 130 Å². The summed E-state index contributed by atoms with van der Waals surface area (Å²) in [6, 6.07) is 5.84. The normalized spacial score (nSPS) is 16.4. The van der Waals surface area contributed by atoms with E-state index in [9.17, 15) is 4.39 Å². The van der Waals surface area contributed by atoms with E-state index in [0.717, 1.165) is 16.3 Å². The number of thiazole rings is 1. The zero-order valence-electron chi connectivity index (χ0n) is 11.4. The second-order valence-electron chi connectivity index (χ2n) is 5.24. The molecule has 1 heterocycles. The predicted octanol–water partition coefficient (Wildman–Crippen LogP) is 4.50. The molecule has 0 spiro atoms. The molecule has 1 aliphatic rings. The van der Waals surface area contributed by atoms with E-state index in [2.05, 4.69) is 33.2 Å². The molecule has 1 saturated carbocycles. The van der Waals surface area contributed by atoms with Crippen LogP contribution in [0.3, 0.4) is 0 Å². The molecule has 1 unspecified atom stereocenters. The van der Waals surface area contributed by atoms with Crippen LogP contribution in [0, 0.1) is 19.7 Å². The Kier molecular flexibility index (Phi) is 3.93. The maximum Gasteiger partial charge on any atom is 0.137 e. The first-order chi connectivity index (χ1) is 9.54. The van der Waals surface area contributed by atoms with Crippen molar-refractivity contribution in [3.05, 3.63) is 49.6 Å². The van der Waals surface area contributed by atoms with Crippen molar-refractivity contribution < 1.29 is 4.39 Å².